The van der Waals surface area contributed by atoms with Crippen LogP contribution in [0.2, 0.25) is 0 Å². The van der Waals surface area contributed by atoms with Crippen LogP contribution in [0.1, 0.15) is 11.3 Å². The zero-order chi connectivity index (χ0) is 14.8. The minimum absolute atomic E-state index is 0.0281. The molecule has 1 aromatic carbocycles. The molecule has 0 unspecified atom stereocenters. The molecule has 3 rings (SSSR count). The quantitative estimate of drug-likeness (QED) is 0.927. The Morgan fingerprint density at radius 2 is 1.76 bits per heavy atom. The van der Waals surface area contributed by atoms with Crippen molar-refractivity contribution in [1.29, 1.82) is 0 Å². The van der Waals surface area contributed by atoms with Gasteiger partial charge in [-0.25, -0.2) is 4.68 Å². The number of hydrogen-bond acceptors (Lipinski definition) is 4. The largest absolute Gasteiger partial charge is 0.391 e. The van der Waals surface area contributed by atoms with Gasteiger partial charge < -0.3 is 14.9 Å². The van der Waals surface area contributed by atoms with Crippen LogP contribution in [-0.4, -0.2) is 53.0 Å². The number of nitrogens with zero attached hydrogens (tertiary/aromatic N) is 4. The average molecular weight is 286 g/mol. The van der Waals surface area contributed by atoms with Crippen molar-refractivity contribution < 1.29 is 5.11 Å². The van der Waals surface area contributed by atoms with Crippen molar-refractivity contribution in [1.82, 2.24) is 14.7 Å². The molecule has 0 aliphatic carbocycles. The van der Waals surface area contributed by atoms with E-state index in [2.05, 4.69) is 21.9 Å². The molecule has 5 heteroatoms. The Hall–Kier alpha value is -1.85. The van der Waals surface area contributed by atoms with Crippen LogP contribution in [0.5, 0.6) is 0 Å². The van der Waals surface area contributed by atoms with Gasteiger partial charge in [0.15, 0.2) is 0 Å². The Kier molecular flexibility index (Phi) is 3.94. The summed E-state index contributed by atoms with van der Waals surface area (Å²) in [7, 11) is 2.14. The minimum Gasteiger partial charge on any atom is -0.391 e. The van der Waals surface area contributed by atoms with Crippen LogP contribution in [0.4, 0.5) is 5.82 Å². The Balaban J connectivity index is 2.05. The molecule has 0 saturated carbocycles. The third kappa shape index (κ3) is 2.66. The highest BCUT2D eigenvalue weighted by atomic mass is 16.3. The number of hydrogen-bond donors (Lipinski definition) is 1. The molecule has 2 aromatic rings. The number of likely N-dealkylation sites (N-methyl/N-ethyl adjacent to an activating group) is 1. The highest BCUT2D eigenvalue weighted by Crippen LogP contribution is 2.28. The van der Waals surface area contributed by atoms with Gasteiger partial charge in [0.25, 0.3) is 0 Å². The van der Waals surface area contributed by atoms with Crippen molar-refractivity contribution >= 4 is 5.82 Å². The molecule has 2 heterocycles. The fourth-order valence-electron chi connectivity index (χ4n) is 2.82. The molecule has 1 aliphatic heterocycles. The smallest absolute Gasteiger partial charge is 0.138 e. The Labute approximate surface area is 125 Å². The van der Waals surface area contributed by atoms with E-state index < -0.39 is 0 Å². The number of anilines is 1. The van der Waals surface area contributed by atoms with E-state index in [4.69, 9.17) is 0 Å². The number of aromatic nitrogens is 2. The third-order valence-corrected chi connectivity index (χ3v) is 4.12. The summed E-state index contributed by atoms with van der Waals surface area (Å²) in [6, 6.07) is 10.1. The molecule has 1 aliphatic rings. The molecule has 0 bridgehead atoms. The lowest BCUT2D eigenvalue weighted by Gasteiger charge is -2.34. The monoisotopic (exact) mass is 286 g/mol. The van der Waals surface area contributed by atoms with Gasteiger partial charge in [0.05, 0.1) is 18.0 Å². The van der Waals surface area contributed by atoms with Gasteiger partial charge in [0.2, 0.25) is 0 Å². The van der Waals surface area contributed by atoms with E-state index in [1.54, 1.807) is 0 Å². The van der Waals surface area contributed by atoms with Crippen LogP contribution < -0.4 is 4.90 Å². The molecular formula is C16H22N4O. The van der Waals surface area contributed by atoms with Crippen LogP contribution >= 0.6 is 0 Å². The second-order valence-electron chi connectivity index (χ2n) is 5.58. The summed E-state index contributed by atoms with van der Waals surface area (Å²) in [5, 5.41) is 14.4. The number of aryl methyl sites for hydroxylation is 1. The molecule has 1 saturated heterocycles. The summed E-state index contributed by atoms with van der Waals surface area (Å²) in [5.41, 5.74) is 2.87. The van der Waals surface area contributed by atoms with E-state index >= 15 is 0 Å². The summed E-state index contributed by atoms with van der Waals surface area (Å²) in [6.45, 7) is 5.97. The number of rotatable bonds is 3. The molecule has 0 atom stereocenters. The molecular weight excluding hydrogens is 264 g/mol. The SMILES string of the molecule is Cc1nn(-c2ccccc2)c(N2CCN(C)CC2)c1CO. The maximum Gasteiger partial charge on any atom is 0.138 e. The van der Waals surface area contributed by atoms with Crippen molar-refractivity contribution in [2.24, 2.45) is 0 Å². The topological polar surface area (TPSA) is 44.5 Å². The highest BCUT2D eigenvalue weighted by Gasteiger charge is 2.23. The molecule has 5 nitrogen and oxygen atoms in total. The van der Waals surface area contributed by atoms with Gasteiger partial charge in [-0.3, -0.25) is 0 Å². The van der Waals surface area contributed by atoms with Crippen molar-refractivity contribution in [3.05, 3.63) is 41.6 Å². The first-order valence-corrected chi connectivity index (χ1v) is 7.39. The van der Waals surface area contributed by atoms with Crippen molar-refractivity contribution in [2.75, 3.05) is 38.1 Å². The van der Waals surface area contributed by atoms with E-state index in [1.165, 1.54) is 0 Å². The summed E-state index contributed by atoms with van der Waals surface area (Å²) in [4.78, 5) is 4.66. The molecule has 0 amide bonds. The fraction of sp³-hybridized carbons (Fsp3) is 0.438. The predicted octanol–water partition coefficient (Wildman–Crippen LogP) is 1.42. The van der Waals surface area contributed by atoms with Crippen LogP contribution in [-0.2, 0) is 6.61 Å². The Morgan fingerprint density at radius 1 is 1.10 bits per heavy atom. The van der Waals surface area contributed by atoms with Crippen molar-refractivity contribution in [3.63, 3.8) is 0 Å². The maximum atomic E-state index is 9.75. The van der Waals surface area contributed by atoms with Crippen LogP contribution in [0.25, 0.3) is 5.69 Å². The van der Waals surface area contributed by atoms with E-state index in [9.17, 15) is 5.11 Å². The standard InChI is InChI=1S/C16H22N4O/c1-13-15(12-21)16(19-10-8-18(2)9-11-19)20(17-13)14-6-4-3-5-7-14/h3-7,21H,8-12H2,1-2H3. The first-order valence-electron chi connectivity index (χ1n) is 7.39. The maximum absolute atomic E-state index is 9.75. The number of piperazine rings is 1. The molecule has 1 aromatic heterocycles. The second kappa shape index (κ2) is 5.87. The average Bonchev–Trinajstić information content (AvgIpc) is 2.85. The Morgan fingerprint density at radius 3 is 2.38 bits per heavy atom. The fourth-order valence-corrected chi connectivity index (χ4v) is 2.82. The number of benzene rings is 1. The zero-order valence-corrected chi connectivity index (χ0v) is 12.7. The van der Waals surface area contributed by atoms with Gasteiger partial charge in [-0.05, 0) is 26.1 Å². The van der Waals surface area contributed by atoms with E-state index in [0.29, 0.717) is 0 Å². The van der Waals surface area contributed by atoms with Crippen molar-refractivity contribution in [3.8, 4) is 5.69 Å². The molecule has 1 fully saturated rings. The van der Waals surface area contributed by atoms with Gasteiger partial charge in [0, 0.05) is 31.7 Å². The lowest BCUT2D eigenvalue weighted by molar-refractivity contribution is 0.279. The van der Waals surface area contributed by atoms with Gasteiger partial charge in [0.1, 0.15) is 5.82 Å². The summed E-state index contributed by atoms with van der Waals surface area (Å²) in [5.74, 6) is 1.04. The van der Waals surface area contributed by atoms with Crippen LogP contribution in [0, 0.1) is 6.92 Å². The van der Waals surface area contributed by atoms with Crippen molar-refractivity contribution in [2.45, 2.75) is 13.5 Å². The lowest BCUT2D eigenvalue weighted by Crippen LogP contribution is -2.45. The summed E-state index contributed by atoms with van der Waals surface area (Å²) in [6.07, 6.45) is 0. The summed E-state index contributed by atoms with van der Waals surface area (Å²) >= 11 is 0. The molecule has 112 valence electrons. The van der Waals surface area contributed by atoms with Gasteiger partial charge in [-0.15, -0.1) is 0 Å². The van der Waals surface area contributed by atoms with Crippen LogP contribution in [0.3, 0.4) is 0 Å². The minimum atomic E-state index is 0.0281. The van der Waals surface area contributed by atoms with Gasteiger partial charge in [-0.1, -0.05) is 18.2 Å². The Bertz CT molecular complexity index is 600. The van der Waals surface area contributed by atoms with E-state index in [1.807, 2.05) is 41.9 Å². The molecule has 0 spiro atoms. The third-order valence-electron chi connectivity index (χ3n) is 4.12. The molecule has 21 heavy (non-hydrogen) atoms. The molecule has 0 radical (unpaired) electrons. The number of aliphatic hydroxyl groups excluding tert-OH is 1. The number of aliphatic hydroxyl groups is 1. The van der Waals surface area contributed by atoms with Gasteiger partial charge >= 0.3 is 0 Å². The first kappa shape index (κ1) is 14.1. The van der Waals surface area contributed by atoms with Gasteiger partial charge in [-0.2, -0.15) is 5.10 Å². The highest BCUT2D eigenvalue weighted by molar-refractivity contribution is 5.55. The van der Waals surface area contributed by atoms with E-state index in [0.717, 1.165) is 48.9 Å². The summed E-state index contributed by atoms with van der Waals surface area (Å²) < 4.78 is 1.96. The predicted molar refractivity (Wildman–Crippen MR) is 83.9 cm³/mol. The zero-order valence-electron chi connectivity index (χ0n) is 12.7. The second-order valence-corrected chi connectivity index (χ2v) is 5.58. The van der Waals surface area contributed by atoms with Crippen LogP contribution in [0.15, 0.2) is 30.3 Å². The lowest BCUT2D eigenvalue weighted by atomic mass is 10.2. The normalized spacial score (nSPS) is 16.4. The number of para-hydroxylation sites is 1. The molecule has 1 N–H and O–H groups in total. The van der Waals surface area contributed by atoms with E-state index in [-0.39, 0.29) is 6.61 Å². The first-order chi connectivity index (χ1) is 10.2.